The molecule has 0 spiro atoms. The van der Waals surface area contributed by atoms with Crippen molar-refractivity contribution < 1.29 is 85.8 Å². The second kappa shape index (κ2) is 79.8. The summed E-state index contributed by atoms with van der Waals surface area (Å²) in [7, 11) is 0. The zero-order valence-corrected chi connectivity index (χ0v) is 93.1. The van der Waals surface area contributed by atoms with E-state index in [-0.39, 0.29) is 181 Å². The largest absolute Gasteiger partial charge is 0.462 e. The number of ether oxygens (including phenoxy) is 9. The van der Waals surface area contributed by atoms with Gasteiger partial charge in [-0.2, -0.15) is 0 Å². The van der Waals surface area contributed by atoms with Gasteiger partial charge in [-0.05, 0) is 236 Å². The third kappa shape index (κ3) is 84.2. The highest BCUT2D eigenvalue weighted by Gasteiger charge is 2.32. The molecule has 0 aromatic carbocycles. The standard InChI is InChI=1S/3C12H23NO2.3C12H25NO2.3C11H23NO2/c3*1-9(2)13-10(3)12(14)15-11-7-5-4-6-8-11;3*1-8(2)7-11(13-9(3)4)12(14)15-10(5)6;3*1-7(2)10(12-8(3)4)11(13)14-9(5)6/h3*9-11,13H,4-8H2,1-3H3;3*8-11,13H,7H2,1-6H3;3*7-10,12H,1-6H3/t2*10-;;2*11-;;2*10-;/m10.10.10./s1. The van der Waals surface area contributed by atoms with Crippen molar-refractivity contribution in [1.29, 1.82) is 0 Å². The molecule has 0 radical (unpaired) electrons. The molecule has 9 atom stereocenters. The highest BCUT2D eigenvalue weighted by Crippen LogP contribution is 2.24. The van der Waals surface area contributed by atoms with Gasteiger partial charge in [0.05, 0.1) is 36.6 Å². The van der Waals surface area contributed by atoms with E-state index < -0.39 is 0 Å². The van der Waals surface area contributed by atoms with Crippen LogP contribution in [0.15, 0.2) is 0 Å². The molecule has 3 rings (SSSR count). The van der Waals surface area contributed by atoms with E-state index in [0.29, 0.717) is 72.1 Å². The Balaban J connectivity index is -0.000000338. The Hall–Kier alpha value is -5.13. The van der Waals surface area contributed by atoms with E-state index >= 15 is 0 Å². The van der Waals surface area contributed by atoms with Crippen LogP contribution in [0.25, 0.3) is 0 Å². The lowest BCUT2D eigenvalue weighted by Gasteiger charge is -2.24. The second-order valence-corrected chi connectivity index (χ2v) is 42.8. The fraction of sp³-hybridized carbons (Fsp3) is 0.914. The molecule has 3 aliphatic rings. The van der Waals surface area contributed by atoms with Gasteiger partial charge in [0, 0.05) is 54.4 Å². The molecule has 786 valence electrons. The van der Waals surface area contributed by atoms with Gasteiger partial charge in [0.25, 0.3) is 0 Å². The van der Waals surface area contributed by atoms with Crippen LogP contribution in [-0.4, -0.2) is 217 Å². The highest BCUT2D eigenvalue weighted by molar-refractivity contribution is 5.79. The first kappa shape index (κ1) is 138. The molecule has 0 bridgehead atoms. The quantitative estimate of drug-likeness (QED) is 0.0202. The summed E-state index contributed by atoms with van der Waals surface area (Å²) in [5.74, 6) is 1.07. The third-order valence-corrected chi connectivity index (χ3v) is 19.3. The van der Waals surface area contributed by atoms with Gasteiger partial charge in [0.2, 0.25) is 0 Å². The summed E-state index contributed by atoms with van der Waals surface area (Å²) >= 11 is 0. The molecule has 132 heavy (non-hydrogen) atoms. The van der Waals surface area contributed by atoms with Crippen molar-refractivity contribution in [2.24, 2.45) is 35.5 Å². The van der Waals surface area contributed by atoms with Crippen LogP contribution in [-0.2, 0) is 85.8 Å². The zero-order valence-electron chi connectivity index (χ0n) is 93.1. The van der Waals surface area contributed by atoms with Gasteiger partial charge < -0.3 is 90.5 Å². The average Bonchev–Trinajstić information content (AvgIpc) is 0.547. The van der Waals surface area contributed by atoms with Gasteiger partial charge in [0.15, 0.2) is 0 Å². The molecule has 27 heteroatoms. The van der Waals surface area contributed by atoms with Gasteiger partial charge in [-0.1, -0.05) is 227 Å². The number of carbonyl (C=O) groups excluding carboxylic acids is 9. The predicted octanol–water partition coefficient (Wildman–Crippen LogP) is 19.7. The summed E-state index contributed by atoms with van der Waals surface area (Å²) < 4.78 is 47.5. The molecule has 0 amide bonds. The Labute approximate surface area is 809 Å². The predicted molar refractivity (Wildman–Crippen MR) is 545 cm³/mol. The van der Waals surface area contributed by atoms with Crippen LogP contribution < -0.4 is 47.9 Å². The molecule has 0 heterocycles. The molecule has 0 aromatic rings. The summed E-state index contributed by atoms with van der Waals surface area (Å²) in [5.41, 5.74) is 0. The molecule has 3 unspecified atom stereocenters. The van der Waals surface area contributed by atoms with E-state index in [0.717, 1.165) is 57.8 Å². The summed E-state index contributed by atoms with van der Waals surface area (Å²) in [5, 5.41) is 28.8. The van der Waals surface area contributed by atoms with E-state index in [4.69, 9.17) is 42.6 Å². The molecular weight excluding hydrogens is 1680 g/mol. The molecule has 3 fully saturated rings. The average molecular weight is 1890 g/mol. The van der Waals surface area contributed by atoms with Gasteiger partial charge in [0.1, 0.15) is 72.7 Å². The maximum absolute atomic E-state index is 11.7. The minimum Gasteiger partial charge on any atom is -0.462 e. The van der Waals surface area contributed by atoms with Crippen molar-refractivity contribution in [3.63, 3.8) is 0 Å². The minimum atomic E-state index is -0.197. The van der Waals surface area contributed by atoms with E-state index in [2.05, 4.69) is 89.4 Å². The number of hydrogen-bond donors (Lipinski definition) is 9. The Kier molecular flexibility index (Phi) is 83.1. The molecule has 0 aromatic heterocycles. The van der Waals surface area contributed by atoms with Crippen molar-refractivity contribution in [3.05, 3.63) is 0 Å². The maximum atomic E-state index is 11.7. The van der Waals surface area contributed by atoms with Crippen LogP contribution in [0.4, 0.5) is 0 Å². The van der Waals surface area contributed by atoms with Crippen molar-refractivity contribution >= 4 is 53.7 Å². The first-order chi connectivity index (χ1) is 60.8. The van der Waals surface area contributed by atoms with Crippen LogP contribution in [0.2, 0.25) is 0 Å². The lowest BCUT2D eigenvalue weighted by Crippen LogP contribution is -2.46. The zero-order chi connectivity index (χ0) is 104. The SMILES string of the molecule is CC(C)CC(NC(C)C)C(=O)OC(C)C.CC(C)C[C@@H](NC(C)C)C(=O)OC(C)C.CC(C)C[C@H](NC(C)C)C(=O)OC(C)C.CC(C)NC(C(=O)OC(C)C)C(C)C.CC(C)NC(C)C(=O)OC1CCCCC1.CC(C)N[C@@H](C(=O)OC(C)C)C(C)C.CC(C)N[C@@H](C)C(=O)OC1CCCCC1.CC(C)N[C@H](C(=O)OC(C)C)C(C)C.CC(C)N[C@H](C)C(=O)OC1CCCCC1. The van der Waals surface area contributed by atoms with Crippen molar-refractivity contribution in [2.75, 3.05) is 0 Å². The summed E-state index contributed by atoms with van der Waals surface area (Å²) in [6.07, 6.45) is 20.0. The smallest absolute Gasteiger partial charge is 0.323 e. The van der Waals surface area contributed by atoms with Crippen LogP contribution >= 0.6 is 0 Å². The van der Waals surface area contributed by atoms with Gasteiger partial charge in [-0.25, -0.2) is 0 Å². The van der Waals surface area contributed by atoms with Gasteiger partial charge in [-0.15, -0.1) is 0 Å². The molecular formula is C105H213N9O18. The van der Waals surface area contributed by atoms with Crippen molar-refractivity contribution in [1.82, 2.24) is 47.9 Å². The lowest BCUT2D eigenvalue weighted by atomic mass is 9.98. The van der Waals surface area contributed by atoms with E-state index in [9.17, 15) is 43.2 Å². The van der Waals surface area contributed by atoms with Crippen LogP contribution in [0.5, 0.6) is 0 Å². The minimum absolute atomic E-state index is 0.0406. The van der Waals surface area contributed by atoms with Gasteiger partial charge in [-0.3, -0.25) is 43.2 Å². The summed E-state index contributed by atoms with van der Waals surface area (Å²) in [4.78, 5) is 105. The van der Waals surface area contributed by atoms with E-state index in [1.165, 1.54) is 57.8 Å². The topological polar surface area (TPSA) is 345 Å². The second-order valence-electron chi connectivity index (χ2n) is 42.8. The van der Waals surface area contributed by atoms with Gasteiger partial charge >= 0.3 is 53.7 Å². The Bertz CT molecular complexity index is 2550. The van der Waals surface area contributed by atoms with E-state index in [1.807, 2.05) is 270 Å². The first-order valence-corrected chi connectivity index (χ1v) is 51.5. The molecule has 3 aliphatic carbocycles. The number of rotatable bonds is 45. The normalized spacial score (nSPS) is 16.0. The Morgan fingerprint density at radius 3 is 0.477 bits per heavy atom. The van der Waals surface area contributed by atoms with Crippen LogP contribution in [0.1, 0.15) is 427 Å². The number of esters is 9. The number of nitrogens with one attached hydrogen (secondary N) is 9. The van der Waals surface area contributed by atoms with Crippen LogP contribution in [0.3, 0.4) is 0 Å². The summed E-state index contributed by atoms with van der Waals surface area (Å²) in [6.45, 7) is 89.4. The Morgan fingerprint density at radius 1 is 0.197 bits per heavy atom. The fourth-order valence-corrected chi connectivity index (χ4v) is 13.9. The summed E-state index contributed by atoms with van der Waals surface area (Å²) in [6, 6.07) is 1.06. The maximum Gasteiger partial charge on any atom is 0.323 e. The molecule has 3 saturated carbocycles. The monoisotopic (exact) mass is 1890 g/mol. The lowest BCUT2D eigenvalue weighted by molar-refractivity contribution is -0.153. The number of hydrogen-bond acceptors (Lipinski definition) is 27. The molecule has 0 aliphatic heterocycles. The molecule has 27 nitrogen and oxygen atoms in total. The molecule has 0 saturated heterocycles. The fourth-order valence-electron chi connectivity index (χ4n) is 13.9. The van der Waals surface area contributed by atoms with Crippen LogP contribution in [0, 0.1) is 35.5 Å². The molecule has 9 N–H and O–H groups in total. The highest BCUT2D eigenvalue weighted by atomic mass is 16.6. The first-order valence-electron chi connectivity index (χ1n) is 51.5. The third-order valence-electron chi connectivity index (χ3n) is 19.3. The van der Waals surface area contributed by atoms with Crippen molar-refractivity contribution in [3.8, 4) is 0 Å². The van der Waals surface area contributed by atoms with Crippen molar-refractivity contribution in [2.45, 2.75) is 591 Å². The van der Waals surface area contributed by atoms with E-state index in [1.54, 1.807) is 0 Å². The Morgan fingerprint density at radius 2 is 0.348 bits per heavy atom. The number of carbonyl (C=O) groups is 9.